The third-order valence-electron chi connectivity index (χ3n) is 3.33. The Morgan fingerprint density at radius 1 is 1.33 bits per heavy atom. The number of hydrogen-bond donors (Lipinski definition) is 2. The molecule has 1 unspecified atom stereocenters. The van der Waals surface area contributed by atoms with Crippen molar-refractivity contribution >= 4 is 5.91 Å². The fourth-order valence-electron chi connectivity index (χ4n) is 2.14. The molecule has 1 heterocycles. The van der Waals surface area contributed by atoms with E-state index in [2.05, 4.69) is 0 Å². The van der Waals surface area contributed by atoms with Crippen molar-refractivity contribution in [2.45, 2.75) is 25.9 Å². The van der Waals surface area contributed by atoms with Gasteiger partial charge in [0.1, 0.15) is 11.5 Å². The van der Waals surface area contributed by atoms with E-state index in [1.165, 1.54) is 0 Å². The normalized spacial score (nSPS) is 12.1. The standard InChI is InChI=1S/C16H20N2O3/c1-2-18(11-14-4-3-9-21-14)16(20)15(17)10-12-5-7-13(19)8-6-12/h3-9,15,19H,2,10-11,17H2,1H3. The predicted octanol–water partition coefficient (Wildman–Crippen LogP) is 1.90. The van der Waals surface area contributed by atoms with Gasteiger partial charge in [0.25, 0.3) is 0 Å². The molecule has 0 saturated heterocycles. The zero-order valence-electron chi connectivity index (χ0n) is 12.0. The molecule has 1 amide bonds. The van der Waals surface area contributed by atoms with Crippen LogP contribution in [0.5, 0.6) is 5.75 Å². The van der Waals surface area contributed by atoms with Crippen molar-refractivity contribution in [3.63, 3.8) is 0 Å². The van der Waals surface area contributed by atoms with Crippen molar-refractivity contribution in [3.05, 3.63) is 54.0 Å². The number of nitrogens with two attached hydrogens (primary N) is 1. The lowest BCUT2D eigenvalue weighted by atomic mass is 10.1. The summed E-state index contributed by atoms with van der Waals surface area (Å²) in [7, 11) is 0. The summed E-state index contributed by atoms with van der Waals surface area (Å²) in [6.45, 7) is 2.91. The molecule has 112 valence electrons. The molecule has 1 atom stereocenters. The molecule has 21 heavy (non-hydrogen) atoms. The van der Waals surface area contributed by atoms with Gasteiger partial charge in [-0.1, -0.05) is 12.1 Å². The van der Waals surface area contributed by atoms with Crippen molar-refractivity contribution in [1.29, 1.82) is 0 Å². The predicted molar refractivity (Wildman–Crippen MR) is 79.6 cm³/mol. The van der Waals surface area contributed by atoms with Crippen LogP contribution >= 0.6 is 0 Å². The van der Waals surface area contributed by atoms with Gasteiger partial charge in [-0.05, 0) is 43.2 Å². The number of likely N-dealkylation sites (N-methyl/N-ethyl adjacent to an activating group) is 1. The van der Waals surface area contributed by atoms with Gasteiger partial charge in [0.2, 0.25) is 5.91 Å². The third-order valence-corrected chi connectivity index (χ3v) is 3.33. The van der Waals surface area contributed by atoms with E-state index in [1.54, 1.807) is 41.5 Å². The Morgan fingerprint density at radius 3 is 2.62 bits per heavy atom. The van der Waals surface area contributed by atoms with E-state index >= 15 is 0 Å². The largest absolute Gasteiger partial charge is 0.508 e. The SMILES string of the molecule is CCN(Cc1ccco1)C(=O)C(N)Cc1ccc(O)cc1. The van der Waals surface area contributed by atoms with Crippen molar-refractivity contribution in [1.82, 2.24) is 4.90 Å². The molecule has 0 saturated carbocycles. The number of hydrogen-bond acceptors (Lipinski definition) is 4. The average Bonchev–Trinajstić information content (AvgIpc) is 2.99. The molecule has 0 spiro atoms. The maximum Gasteiger partial charge on any atom is 0.240 e. The maximum absolute atomic E-state index is 12.4. The molecule has 1 aromatic carbocycles. The number of amides is 1. The Balaban J connectivity index is 1.97. The number of aromatic hydroxyl groups is 1. The molecule has 0 aliphatic carbocycles. The summed E-state index contributed by atoms with van der Waals surface area (Å²) >= 11 is 0. The van der Waals surface area contributed by atoms with Crippen LogP contribution in [0, 0.1) is 0 Å². The summed E-state index contributed by atoms with van der Waals surface area (Å²) in [5.41, 5.74) is 6.93. The quantitative estimate of drug-likeness (QED) is 0.851. The molecule has 0 bridgehead atoms. The van der Waals surface area contributed by atoms with Gasteiger partial charge in [0.05, 0.1) is 18.8 Å². The monoisotopic (exact) mass is 288 g/mol. The van der Waals surface area contributed by atoms with E-state index in [4.69, 9.17) is 10.2 Å². The molecule has 0 aliphatic rings. The van der Waals surface area contributed by atoms with Gasteiger partial charge < -0.3 is 20.2 Å². The molecule has 5 heteroatoms. The van der Waals surface area contributed by atoms with E-state index < -0.39 is 6.04 Å². The molecule has 0 fully saturated rings. The maximum atomic E-state index is 12.4. The first-order chi connectivity index (χ1) is 10.1. The smallest absolute Gasteiger partial charge is 0.240 e. The van der Waals surface area contributed by atoms with Gasteiger partial charge in [-0.2, -0.15) is 0 Å². The molecular formula is C16H20N2O3. The Bertz CT molecular complexity index is 564. The number of benzene rings is 1. The van der Waals surface area contributed by atoms with Crippen LogP contribution < -0.4 is 5.73 Å². The summed E-state index contributed by atoms with van der Waals surface area (Å²) in [6.07, 6.45) is 2.03. The van der Waals surface area contributed by atoms with Gasteiger partial charge in [-0.25, -0.2) is 0 Å². The van der Waals surface area contributed by atoms with Crippen molar-refractivity contribution in [3.8, 4) is 5.75 Å². The van der Waals surface area contributed by atoms with Gasteiger partial charge in [0, 0.05) is 6.54 Å². The highest BCUT2D eigenvalue weighted by Gasteiger charge is 2.21. The Kier molecular flexibility index (Phi) is 5.00. The molecular weight excluding hydrogens is 268 g/mol. The van der Waals surface area contributed by atoms with Crippen molar-refractivity contribution in [2.75, 3.05) is 6.54 Å². The van der Waals surface area contributed by atoms with E-state index in [9.17, 15) is 9.90 Å². The highest BCUT2D eigenvalue weighted by atomic mass is 16.3. The summed E-state index contributed by atoms with van der Waals surface area (Å²) < 4.78 is 5.26. The van der Waals surface area contributed by atoms with Crippen molar-refractivity contribution in [2.24, 2.45) is 5.73 Å². The van der Waals surface area contributed by atoms with E-state index in [-0.39, 0.29) is 11.7 Å². The van der Waals surface area contributed by atoms with Crippen LogP contribution in [0.15, 0.2) is 47.1 Å². The van der Waals surface area contributed by atoms with Gasteiger partial charge in [0.15, 0.2) is 0 Å². The van der Waals surface area contributed by atoms with Crippen LogP contribution in [0.25, 0.3) is 0 Å². The zero-order valence-corrected chi connectivity index (χ0v) is 12.0. The van der Waals surface area contributed by atoms with Crippen LogP contribution in [-0.2, 0) is 17.8 Å². The molecule has 2 aromatic rings. The minimum absolute atomic E-state index is 0.109. The van der Waals surface area contributed by atoms with Crippen LogP contribution in [0.3, 0.4) is 0 Å². The van der Waals surface area contributed by atoms with Crippen molar-refractivity contribution < 1.29 is 14.3 Å². The fourth-order valence-corrected chi connectivity index (χ4v) is 2.14. The second kappa shape index (κ2) is 6.95. The number of phenolic OH excluding ortho intramolecular Hbond substituents is 1. The Morgan fingerprint density at radius 2 is 2.05 bits per heavy atom. The number of nitrogens with zero attached hydrogens (tertiary/aromatic N) is 1. The molecule has 0 aliphatic heterocycles. The zero-order chi connectivity index (χ0) is 15.2. The lowest BCUT2D eigenvalue weighted by Gasteiger charge is -2.23. The van der Waals surface area contributed by atoms with Crippen LogP contribution in [0.1, 0.15) is 18.2 Å². The topological polar surface area (TPSA) is 79.7 Å². The second-order valence-corrected chi connectivity index (χ2v) is 4.91. The van der Waals surface area contributed by atoms with Crippen LogP contribution in [0.4, 0.5) is 0 Å². The van der Waals surface area contributed by atoms with E-state index in [0.29, 0.717) is 19.5 Å². The summed E-state index contributed by atoms with van der Waals surface area (Å²) in [4.78, 5) is 14.1. The highest BCUT2D eigenvalue weighted by Crippen LogP contribution is 2.12. The molecule has 1 aromatic heterocycles. The number of rotatable bonds is 6. The van der Waals surface area contributed by atoms with Crippen LogP contribution in [0.2, 0.25) is 0 Å². The average molecular weight is 288 g/mol. The molecule has 5 nitrogen and oxygen atoms in total. The third kappa shape index (κ3) is 4.10. The van der Waals surface area contributed by atoms with Crippen LogP contribution in [-0.4, -0.2) is 28.5 Å². The summed E-state index contributed by atoms with van der Waals surface area (Å²) in [5, 5.41) is 9.25. The van der Waals surface area contributed by atoms with E-state index in [0.717, 1.165) is 11.3 Å². The van der Waals surface area contributed by atoms with Gasteiger partial charge in [-0.3, -0.25) is 4.79 Å². The first-order valence-corrected chi connectivity index (χ1v) is 6.94. The number of carbonyl (C=O) groups excluding carboxylic acids is 1. The summed E-state index contributed by atoms with van der Waals surface area (Å²) in [5.74, 6) is 0.829. The molecule has 3 N–H and O–H groups in total. The molecule has 2 rings (SSSR count). The number of phenols is 1. The first kappa shape index (κ1) is 15.1. The lowest BCUT2D eigenvalue weighted by molar-refractivity contribution is -0.133. The minimum atomic E-state index is -0.607. The highest BCUT2D eigenvalue weighted by molar-refractivity contribution is 5.81. The second-order valence-electron chi connectivity index (χ2n) is 4.91. The minimum Gasteiger partial charge on any atom is -0.508 e. The van der Waals surface area contributed by atoms with E-state index in [1.807, 2.05) is 13.0 Å². The number of carbonyl (C=O) groups is 1. The van der Waals surface area contributed by atoms with Gasteiger partial charge in [-0.15, -0.1) is 0 Å². The Labute approximate surface area is 124 Å². The molecule has 0 radical (unpaired) electrons. The fraction of sp³-hybridized carbons (Fsp3) is 0.312. The van der Waals surface area contributed by atoms with Gasteiger partial charge >= 0.3 is 0 Å². The summed E-state index contributed by atoms with van der Waals surface area (Å²) in [6, 6.07) is 9.74. The Hall–Kier alpha value is -2.27. The number of furan rings is 1. The first-order valence-electron chi connectivity index (χ1n) is 6.94. The lowest BCUT2D eigenvalue weighted by Crippen LogP contribution is -2.44.